The highest BCUT2D eigenvalue weighted by molar-refractivity contribution is 7.14. The summed E-state index contributed by atoms with van der Waals surface area (Å²) in [5.41, 5.74) is 1.47. The van der Waals surface area contributed by atoms with Crippen LogP contribution in [-0.2, 0) is 4.79 Å². The second-order valence-corrected chi connectivity index (χ2v) is 5.39. The summed E-state index contributed by atoms with van der Waals surface area (Å²) in [6.45, 7) is 0.231. The van der Waals surface area contributed by atoms with E-state index in [2.05, 4.69) is 20.6 Å². The molecule has 3 rings (SSSR count). The van der Waals surface area contributed by atoms with Crippen LogP contribution in [0.2, 0.25) is 0 Å². The molecule has 3 heterocycles. The Balaban J connectivity index is 1.67. The molecule has 2 N–H and O–H groups in total. The molecule has 5 nitrogen and oxygen atoms in total. The van der Waals surface area contributed by atoms with E-state index < -0.39 is 12.2 Å². The van der Waals surface area contributed by atoms with Crippen molar-refractivity contribution in [1.29, 1.82) is 0 Å². The molecule has 0 saturated carbocycles. The third kappa shape index (κ3) is 2.83. The molecular formula is C13H13FN4OS. The van der Waals surface area contributed by atoms with Crippen molar-refractivity contribution < 1.29 is 9.18 Å². The van der Waals surface area contributed by atoms with E-state index in [1.165, 1.54) is 11.3 Å². The summed E-state index contributed by atoms with van der Waals surface area (Å²) in [6, 6.07) is 5.08. The normalized spacial score (nSPS) is 21.9. The predicted octanol–water partition coefficient (Wildman–Crippen LogP) is 1.84. The molecule has 1 amide bonds. The molecule has 0 aliphatic carbocycles. The summed E-state index contributed by atoms with van der Waals surface area (Å²) < 4.78 is 13.0. The van der Waals surface area contributed by atoms with Crippen molar-refractivity contribution in [3.05, 3.63) is 29.8 Å². The highest BCUT2D eigenvalue weighted by atomic mass is 32.1. The van der Waals surface area contributed by atoms with Crippen LogP contribution in [0.25, 0.3) is 11.4 Å². The summed E-state index contributed by atoms with van der Waals surface area (Å²) in [5, 5.41) is 7.88. The first-order valence-electron chi connectivity index (χ1n) is 6.27. The number of carbonyl (C=O) groups is 1. The van der Waals surface area contributed by atoms with E-state index in [0.717, 1.165) is 5.69 Å². The van der Waals surface area contributed by atoms with E-state index in [-0.39, 0.29) is 18.9 Å². The minimum Gasteiger partial charge on any atom is -0.303 e. The molecule has 2 atom stereocenters. The van der Waals surface area contributed by atoms with E-state index in [0.29, 0.717) is 10.8 Å². The van der Waals surface area contributed by atoms with Crippen molar-refractivity contribution in [1.82, 2.24) is 15.3 Å². The molecule has 2 aromatic heterocycles. The Labute approximate surface area is 119 Å². The molecule has 1 fully saturated rings. The summed E-state index contributed by atoms with van der Waals surface area (Å²) >= 11 is 1.33. The first-order valence-corrected chi connectivity index (χ1v) is 7.15. The van der Waals surface area contributed by atoms with Crippen molar-refractivity contribution in [2.75, 3.05) is 11.9 Å². The van der Waals surface area contributed by atoms with Gasteiger partial charge in [-0.2, -0.15) is 0 Å². The van der Waals surface area contributed by atoms with Gasteiger partial charge in [0, 0.05) is 24.5 Å². The number of amides is 1. The third-order valence-corrected chi connectivity index (χ3v) is 3.81. The number of rotatable bonds is 3. The van der Waals surface area contributed by atoms with E-state index in [4.69, 9.17) is 0 Å². The Bertz CT molecular complexity index is 603. The van der Waals surface area contributed by atoms with Gasteiger partial charge >= 0.3 is 0 Å². The van der Waals surface area contributed by atoms with E-state index in [1.807, 2.05) is 23.6 Å². The van der Waals surface area contributed by atoms with Gasteiger partial charge in [-0.1, -0.05) is 6.07 Å². The number of nitrogens with one attached hydrogen (secondary N) is 2. The molecule has 1 aliphatic rings. The lowest BCUT2D eigenvalue weighted by Gasteiger charge is -2.08. The van der Waals surface area contributed by atoms with Crippen molar-refractivity contribution in [3.63, 3.8) is 0 Å². The number of pyridine rings is 1. The Morgan fingerprint density at radius 3 is 3.05 bits per heavy atom. The molecule has 20 heavy (non-hydrogen) atoms. The van der Waals surface area contributed by atoms with Gasteiger partial charge in [-0.3, -0.25) is 9.78 Å². The monoisotopic (exact) mass is 292 g/mol. The van der Waals surface area contributed by atoms with E-state index in [9.17, 15) is 9.18 Å². The van der Waals surface area contributed by atoms with Gasteiger partial charge < -0.3 is 10.6 Å². The minimum absolute atomic E-state index is 0.213. The second-order valence-electron chi connectivity index (χ2n) is 4.54. The molecule has 0 radical (unpaired) electrons. The molecule has 104 valence electrons. The van der Waals surface area contributed by atoms with Crippen LogP contribution in [0.3, 0.4) is 0 Å². The Morgan fingerprint density at radius 1 is 1.45 bits per heavy atom. The lowest BCUT2D eigenvalue weighted by molar-refractivity contribution is -0.117. The third-order valence-electron chi connectivity index (χ3n) is 3.06. The number of anilines is 1. The highest BCUT2D eigenvalue weighted by Crippen LogP contribution is 2.23. The largest absolute Gasteiger partial charge is 0.303 e. The number of halogens is 1. The molecule has 7 heteroatoms. The smallest absolute Gasteiger partial charge is 0.243 e. The molecule has 2 aromatic rings. The zero-order chi connectivity index (χ0) is 13.9. The first-order chi connectivity index (χ1) is 9.72. The van der Waals surface area contributed by atoms with Gasteiger partial charge in [0.1, 0.15) is 11.9 Å². The summed E-state index contributed by atoms with van der Waals surface area (Å²) in [7, 11) is 0. The van der Waals surface area contributed by atoms with Gasteiger partial charge in [0.2, 0.25) is 5.91 Å². The van der Waals surface area contributed by atoms with Gasteiger partial charge in [0.25, 0.3) is 0 Å². The second kappa shape index (κ2) is 5.64. The molecular weight excluding hydrogens is 279 g/mol. The number of carbonyl (C=O) groups excluding carboxylic acids is 1. The topological polar surface area (TPSA) is 66.9 Å². The van der Waals surface area contributed by atoms with Crippen molar-refractivity contribution in [3.8, 4) is 11.4 Å². The van der Waals surface area contributed by atoms with E-state index in [1.54, 1.807) is 6.20 Å². The van der Waals surface area contributed by atoms with Crippen LogP contribution in [0.15, 0.2) is 29.8 Å². The fourth-order valence-electron chi connectivity index (χ4n) is 2.05. The zero-order valence-electron chi connectivity index (χ0n) is 10.5. The molecule has 0 bridgehead atoms. The van der Waals surface area contributed by atoms with Gasteiger partial charge in [-0.05, 0) is 12.1 Å². The van der Waals surface area contributed by atoms with Gasteiger partial charge in [-0.15, -0.1) is 11.3 Å². The number of thiazole rings is 1. The zero-order valence-corrected chi connectivity index (χ0v) is 11.4. The van der Waals surface area contributed by atoms with Crippen LogP contribution in [0.4, 0.5) is 9.52 Å². The van der Waals surface area contributed by atoms with Crippen molar-refractivity contribution in [2.24, 2.45) is 0 Å². The molecule has 1 saturated heterocycles. The number of nitrogens with zero attached hydrogens (tertiary/aromatic N) is 2. The quantitative estimate of drug-likeness (QED) is 0.906. The average molecular weight is 292 g/mol. The molecule has 0 unspecified atom stereocenters. The summed E-state index contributed by atoms with van der Waals surface area (Å²) in [5.74, 6) is -0.243. The van der Waals surface area contributed by atoms with Crippen molar-refractivity contribution in [2.45, 2.75) is 18.6 Å². The Kier molecular flexibility index (Phi) is 3.70. The van der Waals surface area contributed by atoms with Gasteiger partial charge in [-0.25, -0.2) is 9.37 Å². The molecule has 0 spiro atoms. The Hall–Kier alpha value is -1.86. The number of aromatic nitrogens is 2. The standard InChI is InChI=1S/C13H13FN4OS/c14-8-5-10(16-6-8)12(19)18-13-17-11(7-20-13)9-3-1-2-4-15-9/h1-4,7-8,10,16H,5-6H2,(H,17,18,19)/t8-,10+/m0/s1. The van der Waals surface area contributed by atoms with Crippen LogP contribution >= 0.6 is 11.3 Å². The van der Waals surface area contributed by atoms with Gasteiger partial charge in [0.15, 0.2) is 5.13 Å². The SMILES string of the molecule is O=C(Nc1nc(-c2ccccn2)cs1)[C@H]1C[C@H](F)CN1. The summed E-state index contributed by atoms with van der Waals surface area (Å²) in [6.07, 6.45) is 0.951. The number of hydrogen-bond donors (Lipinski definition) is 2. The maximum atomic E-state index is 13.0. The predicted molar refractivity (Wildman–Crippen MR) is 75.3 cm³/mol. The maximum absolute atomic E-state index is 13.0. The summed E-state index contributed by atoms with van der Waals surface area (Å²) in [4.78, 5) is 20.4. The maximum Gasteiger partial charge on any atom is 0.243 e. The average Bonchev–Trinajstić information content (AvgIpc) is 3.09. The first kappa shape index (κ1) is 13.1. The van der Waals surface area contributed by atoms with Crippen LogP contribution in [-0.4, -0.2) is 34.6 Å². The lowest BCUT2D eigenvalue weighted by Crippen LogP contribution is -2.35. The Morgan fingerprint density at radius 2 is 2.35 bits per heavy atom. The highest BCUT2D eigenvalue weighted by Gasteiger charge is 2.29. The lowest BCUT2D eigenvalue weighted by atomic mass is 10.2. The molecule has 1 aliphatic heterocycles. The van der Waals surface area contributed by atoms with Crippen LogP contribution in [0.1, 0.15) is 6.42 Å². The van der Waals surface area contributed by atoms with Crippen LogP contribution in [0.5, 0.6) is 0 Å². The van der Waals surface area contributed by atoms with Crippen LogP contribution < -0.4 is 10.6 Å². The minimum atomic E-state index is -0.953. The number of hydrogen-bond acceptors (Lipinski definition) is 5. The fourth-order valence-corrected chi connectivity index (χ4v) is 2.76. The van der Waals surface area contributed by atoms with Crippen LogP contribution in [0, 0.1) is 0 Å². The number of alkyl halides is 1. The van der Waals surface area contributed by atoms with Crippen molar-refractivity contribution >= 4 is 22.4 Å². The molecule has 0 aromatic carbocycles. The van der Waals surface area contributed by atoms with Gasteiger partial charge in [0.05, 0.1) is 11.7 Å². The fraction of sp³-hybridized carbons (Fsp3) is 0.308. The van der Waals surface area contributed by atoms with E-state index >= 15 is 0 Å².